The van der Waals surface area contributed by atoms with Gasteiger partial charge in [-0.2, -0.15) is 5.10 Å². The molecule has 5 nitrogen and oxygen atoms in total. The second-order valence-electron chi connectivity index (χ2n) is 6.73. The van der Waals surface area contributed by atoms with E-state index in [0.29, 0.717) is 36.2 Å². The summed E-state index contributed by atoms with van der Waals surface area (Å²) < 4.78 is 33.0. The summed E-state index contributed by atoms with van der Waals surface area (Å²) in [4.78, 5) is 14.6. The van der Waals surface area contributed by atoms with Gasteiger partial charge < -0.3 is 9.64 Å². The fraction of sp³-hybridized carbons (Fsp3) is 0.444. The van der Waals surface area contributed by atoms with Crippen molar-refractivity contribution in [2.45, 2.75) is 45.4 Å². The van der Waals surface area contributed by atoms with Crippen molar-refractivity contribution in [1.29, 1.82) is 0 Å². The van der Waals surface area contributed by atoms with Crippen molar-refractivity contribution in [3.63, 3.8) is 0 Å². The van der Waals surface area contributed by atoms with Gasteiger partial charge >= 0.3 is 0 Å². The lowest BCUT2D eigenvalue weighted by Gasteiger charge is -2.30. The number of hydrogen-bond acceptors (Lipinski definition) is 3. The quantitative estimate of drug-likeness (QED) is 0.863. The van der Waals surface area contributed by atoms with Crippen LogP contribution in [-0.2, 0) is 24.1 Å². The van der Waals surface area contributed by atoms with Gasteiger partial charge in [0.15, 0.2) is 17.3 Å². The Balaban J connectivity index is 1.62. The Bertz CT molecular complexity index is 849. The molecule has 0 aliphatic carbocycles. The van der Waals surface area contributed by atoms with Gasteiger partial charge in [0.2, 0.25) is 0 Å². The number of H-pyrrole nitrogens is 1. The van der Waals surface area contributed by atoms with Gasteiger partial charge in [-0.25, -0.2) is 8.78 Å². The van der Waals surface area contributed by atoms with Crippen molar-refractivity contribution in [1.82, 2.24) is 15.1 Å². The van der Waals surface area contributed by atoms with Crippen LogP contribution in [0.5, 0.6) is 0 Å². The summed E-state index contributed by atoms with van der Waals surface area (Å²) >= 11 is 0. The van der Waals surface area contributed by atoms with Crippen LogP contribution in [0.2, 0.25) is 0 Å². The standard InChI is InChI=1S/C18H19F2N3O2/c1-9-7-13-16(10(2)25-9)21-22-17(13)18(24)23-6-5-12-11(8-23)3-4-14(19)15(12)20/h3-4,9-10H,5-8H2,1-2H3,(H,21,22)/t9-,10+/m1/s1. The zero-order valence-corrected chi connectivity index (χ0v) is 14.1. The molecule has 0 saturated heterocycles. The number of carbonyl (C=O) groups excluding carboxylic acids is 1. The molecule has 132 valence electrons. The van der Waals surface area contributed by atoms with E-state index in [1.54, 1.807) is 11.0 Å². The number of hydrogen-bond donors (Lipinski definition) is 1. The highest BCUT2D eigenvalue weighted by Gasteiger charge is 2.33. The first-order valence-corrected chi connectivity index (χ1v) is 8.43. The highest BCUT2D eigenvalue weighted by atomic mass is 19.2. The number of aromatic nitrogens is 2. The predicted molar refractivity (Wildman–Crippen MR) is 86.1 cm³/mol. The Kier molecular flexibility index (Phi) is 3.83. The number of nitrogens with zero attached hydrogens (tertiary/aromatic N) is 2. The number of ether oxygens (including phenoxy) is 1. The molecule has 0 radical (unpaired) electrons. The van der Waals surface area contributed by atoms with Crippen LogP contribution in [-0.4, -0.2) is 33.7 Å². The van der Waals surface area contributed by atoms with E-state index in [0.717, 1.165) is 17.3 Å². The monoisotopic (exact) mass is 347 g/mol. The van der Waals surface area contributed by atoms with Crippen LogP contribution in [0.3, 0.4) is 0 Å². The summed E-state index contributed by atoms with van der Waals surface area (Å²) in [6, 6.07) is 2.66. The van der Waals surface area contributed by atoms with E-state index >= 15 is 0 Å². The molecule has 2 aliphatic rings. The molecule has 2 atom stereocenters. The van der Waals surface area contributed by atoms with E-state index in [9.17, 15) is 13.6 Å². The third kappa shape index (κ3) is 2.63. The zero-order chi connectivity index (χ0) is 17.7. The average molecular weight is 347 g/mol. The van der Waals surface area contributed by atoms with Crippen LogP contribution < -0.4 is 0 Å². The van der Waals surface area contributed by atoms with E-state index in [2.05, 4.69) is 10.2 Å². The lowest BCUT2D eigenvalue weighted by Crippen LogP contribution is -2.37. The smallest absolute Gasteiger partial charge is 0.274 e. The van der Waals surface area contributed by atoms with Gasteiger partial charge in [0.05, 0.1) is 17.9 Å². The van der Waals surface area contributed by atoms with E-state index in [4.69, 9.17) is 4.74 Å². The van der Waals surface area contributed by atoms with Crippen LogP contribution in [0.1, 0.15) is 52.8 Å². The highest BCUT2D eigenvalue weighted by Crippen LogP contribution is 2.31. The maximum absolute atomic E-state index is 13.9. The van der Waals surface area contributed by atoms with Crippen molar-refractivity contribution < 1.29 is 18.3 Å². The van der Waals surface area contributed by atoms with Crippen LogP contribution in [0, 0.1) is 11.6 Å². The van der Waals surface area contributed by atoms with Crippen molar-refractivity contribution in [3.8, 4) is 0 Å². The highest BCUT2D eigenvalue weighted by molar-refractivity contribution is 5.94. The summed E-state index contributed by atoms with van der Waals surface area (Å²) in [7, 11) is 0. The molecule has 2 aliphatic heterocycles. The van der Waals surface area contributed by atoms with Crippen molar-refractivity contribution in [2.75, 3.05) is 6.54 Å². The summed E-state index contributed by atoms with van der Waals surface area (Å²) in [6.07, 6.45) is 0.812. The molecule has 25 heavy (non-hydrogen) atoms. The van der Waals surface area contributed by atoms with Gasteiger partial charge in [-0.05, 0) is 37.5 Å². The second-order valence-corrected chi connectivity index (χ2v) is 6.73. The van der Waals surface area contributed by atoms with E-state index in [-0.39, 0.29) is 24.7 Å². The lowest BCUT2D eigenvalue weighted by atomic mass is 9.96. The predicted octanol–water partition coefficient (Wildman–Crippen LogP) is 2.91. The molecule has 1 aromatic carbocycles. The third-order valence-electron chi connectivity index (χ3n) is 5.01. The van der Waals surface area contributed by atoms with Gasteiger partial charge in [-0.15, -0.1) is 0 Å². The summed E-state index contributed by atoms with van der Waals surface area (Å²) in [5, 5.41) is 7.14. The van der Waals surface area contributed by atoms with E-state index < -0.39 is 11.6 Å². The fourth-order valence-electron chi connectivity index (χ4n) is 3.76. The van der Waals surface area contributed by atoms with Gasteiger partial charge in [0, 0.05) is 25.1 Å². The number of halogens is 2. The molecule has 0 fully saturated rings. The van der Waals surface area contributed by atoms with Crippen LogP contribution in [0.4, 0.5) is 8.78 Å². The Morgan fingerprint density at radius 2 is 2.12 bits per heavy atom. The second kappa shape index (κ2) is 5.91. The molecule has 7 heteroatoms. The minimum absolute atomic E-state index is 0.0193. The minimum atomic E-state index is -0.845. The number of fused-ring (bicyclic) bond motifs is 2. The number of amides is 1. The summed E-state index contributed by atoms with van der Waals surface area (Å²) in [5.74, 6) is -1.83. The normalized spacial score (nSPS) is 22.5. The topological polar surface area (TPSA) is 58.2 Å². The minimum Gasteiger partial charge on any atom is -0.369 e. The molecule has 0 spiro atoms. The first-order chi connectivity index (χ1) is 12.0. The molecule has 0 saturated carbocycles. The largest absolute Gasteiger partial charge is 0.369 e. The van der Waals surface area contributed by atoms with Gasteiger partial charge in [-0.1, -0.05) is 6.07 Å². The van der Waals surface area contributed by atoms with Crippen molar-refractivity contribution in [3.05, 3.63) is 51.8 Å². The van der Waals surface area contributed by atoms with E-state index in [1.807, 2.05) is 13.8 Å². The molecule has 1 aromatic heterocycles. The number of benzene rings is 1. The van der Waals surface area contributed by atoms with E-state index in [1.165, 1.54) is 0 Å². The number of aromatic amines is 1. The number of rotatable bonds is 1. The Morgan fingerprint density at radius 1 is 1.32 bits per heavy atom. The number of carbonyl (C=O) groups is 1. The molecule has 3 heterocycles. The molecule has 1 amide bonds. The fourth-order valence-corrected chi connectivity index (χ4v) is 3.76. The molecule has 4 rings (SSSR count). The molecule has 0 bridgehead atoms. The first kappa shape index (κ1) is 16.2. The molecule has 1 N–H and O–H groups in total. The maximum Gasteiger partial charge on any atom is 0.274 e. The summed E-state index contributed by atoms with van der Waals surface area (Å²) in [6.45, 7) is 4.49. The molecular weight excluding hydrogens is 328 g/mol. The SMILES string of the molecule is C[C@@H]1Cc2c(C(=O)N3CCc4c(ccc(F)c4F)C3)n[nH]c2[C@H](C)O1. The molecule has 2 aromatic rings. The Labute approximate surface area is 144 Å². The van der Waals surface area contributed by atoms with Crippen LogP contribution in [0.15, 0.2) is 12.1 Å². The van der Waals surface area contributed by atoms with Gasteiger partial charge in [0.1, 0.15) is 0 Å². The van der Waals surface area contributed by atoms with Gasteiger partial charge in [0.25, 0.3) is 5.91 Å². The first-order valence-electron chi connectivity index (χ1n) is 8.43. The zero-order valence-electron chi connectivity index (χ0n) is 14.1. The Morgan fingerprint density at radius 3 is 2.92 bits per heavy atom. The van der Waals surface area contributed by atoms with Gasteiger partial charge in [-0.3, -0.25) is 9.89 Å². The average Bonchev–Trinajstić information content (AvgIpc) is 3.01. The summed E-state index contributed by atoms with van der Waals surface area (Å²) in [5.41, 5.74) is 3.15. The lowest BCUT2D eigenvalue weighted by molar-refractivity contribution is -0.00702. The Hall–Kier alpha value is -2.28. The third-order valence-corrected chi connectivity index (χ3v) is 5.01. The molecule has 0 unspecified atom stereocenters. The van der Waals surface area contributed by atoms with Crippen LogP contribution >= 0.6 is 0 Å². The van der Waals surface area contributed by atoms with Crippen molar-refractivity contribution >= 4 is 5.91 Å². The number of nitrogens with one attached hydrogen (secondary N) is 1. The van der Waals surface area contributed by atoms with Crippen molar-refractivity contribution in [2.24, 2.45) is 0 Å². The maximum atomic E-state index is 13.9. The molecular formula is C18H19F2N3O2. The van der Waals surface area contributed by atoms with Crippen LogP contribution in [0.25, 0.3) is 0 Å².